The van der Waals surface area contributed by atoms with Crippen molar-refractivity contribution in [3.8, 4) is 0 Å². The van der Waals surface area contributed by atoms with Gasteiger partial charge in [-0.05, 0) is 26.7 Å². The van der Waals surface area contributed by atoms with Crippen LogP contribution in [0.3, 0.4) is 0 Å². The summed E-state index contributed by atoms with van der Waals surface area (Å²) in [5.41, 5.74) is 0. The van der Waals surface area contributed by atoms with Crippen LogP contribution in [0.25, 0.3) is 0 Å². The van der Waals surface area contributed by atoms with Crippen molar-refractivity contribution in [2.45, 2.75) is 38.9 Å². The van der Waals surface area contributed by atoms with Crippen molar-refractivity contribution in [3.63, 3.8) is 0 Å². The van der Waals surface area contributed by atoms with Gasteiger partial charge in [-0.3, -0.25) is 18.1 Å². The van der Waals surface area contributed by atoms with Crippen molar-refractivity contribution in [2.24, 2.45) is 0 Å². The van der Waals surface area contributed by atoms with Crippen LogP contribution in [-0.4, -0.2) is 25.4 Å². The topological polar surface area (TPSA) is 80.3 Å². The van der Waals surface area contributed by atoms with Gasteiger partial charge in [-0.15, -0.1) is 0 Å². The zero-order valence-electron chi connectivity index (χ0n) is 9.74. The zero-order chi connectivity index (χ0) is 12.5. The summed E-state index contributed by atoms with van der Waals surface area (Å²) >= 11 is 0. The van der Waals surface area contributed by atoms with Crippen LogP contribution in [0, 0.1) is 0 Å². The van der Waals surface area contributed by atoms with Gasteiger partial charge in [0.15, 0.2) is 0 Å². The average Bonchev–Trinajstić information content (AvgIpc) is 2.14. The normalized spacial score (nSPS) is 47.9. The van der Waals surface area contributed by atoms with E-state index in [4.69, 9.17) is 22.4 Å². The molecule has 2 aliphatic heterocycles. The molecule has 2 rings (SSSR count). The second-order valence-electron chi connectivity index (χ2n) is 4.05. The van der Waals surface area contributed by atoms with Gasteiger partial charge in [0.1, 0.15) is 0 Å². The van der Waals surface area contributed by atoms with Crippen molar-refractivity contribution in [2.75, 3.05) is 13.2 Å². The minimum absolute atomic E-state index is 0.230. The Hall–Kier alpha value is 0.260. The molecule has 0 aliphatic carbocycles. The molecule has 0 aromatic carbocycles. The number of rotatable bonds is 2. The molecule has 4 unspecified atom stereocenters. The van der Waals surface area contributed by atoms with Crippen molar-refractivity contribution in [1.29, 1.82) is 0 Å². The lowest BCUT2D eigenvalue weighted by atomic mass is 10.3. The SMILES string of the molecule is CC1CCOP(=O)(OP2(=O)OCCC(C)O2)O1. The highest BCUT2D eigenvalue weighted by atomic mass is 31.3. The third kappa shape index (κ3) is 3.61. The van der Waals surface area contributed by atoms with Gasteiger partial charge < -0.3 is 0 Å². The van der Waals surface area contributed by atoms with Crippen LogP contribution in [-0.2, 0) is 31.5 Å². The lowest BCUT2D eigenvalue weighted by Crippen LogP contribution is -2.21. The molecule has 2 saturated heterocycles. The van der Waals surface area contributed by atoms with E-state index < -0.39 is 15.6 Å². The number of phosphoric acid groups is 2. The molecule has 2 fully saturated rings. The highest BCUT2D eigenvalue weighted by Crippen LogP contribution is 2.68. The quantitative estimate of drug-likeness (QED) is 0.722. The molecular formula is C8H16O7P2. The van der Waals surface area contributed by atoms with Crippen molar-refractivity contribution >= 4 is 15.6 Å². The fourth-order valence-electron chi connectivity index (χ4n) is 1.48. The molecule has 7 nitrogen and oxygen atoms in total. The summed E-state index contributed by atoms with van der Waals surface area (Å²) in [6.45, 7) is 3.93. The van der Waals surface area contributed by atoms with E-state index in [1.165, 1.54) is 0 Å². The van der Waals surface area contributed by atoms with Gasteiger partial charge >= 0.3 is 15.6 Å². The fraction of sp³-hybridized carbons (Fsp3) is 1.00. The molecule has 9 heteroatoms. The third-order valence-electron chi connectivity index (χ3n) is 2.37. The Morgan fingerprint density at radius 1 is 0.941 bits per heavy atom. The van der Waals surface area contributed by atoms with Crippen LogP contribution in [0.4, 0.5) is 0 Å². The standard InChI is InChI=1S/C8H16O7P2/c1-7-3-5-11-16(9,13-7)15-17(10)12-6-4-8(2)14-17/h7-8H,3-6H2,1-2H3. The van der Waals surface area contributed by atoms with Crippen LogP contribution >= 0.6 is 15.6 Å². The Balaban J connectivity index is 2.04. The van der Waals surface area contributed by atoms with Crippen molar-refractivity contribution < 1.29 is 31.5 Å². The molecule has 100 valence electrons. The minimum Gasteiger partial charge on any atom is -0.286 e. The van der Waals surface area contributed by atoms with Crippen molar-refractivity contribution in [3.05, 3.63) is 0 Å². The monoisotopic (exact) mass is 286 g/mol. The van der Waals surface area contributed by atoms with Crippen LogP contribution in [0.5, 0.6) is 0 Å². The summed E-state index contributed by atoms with van der Waals surface area (Å²) in [5.74, 6) is 0. The Labute approximate surface area is 99.9 Å². The molecule has 0 radical (unpaired) electrons. The first-order valence-electron chi connectivity index (χ1n) is 5.48. The molecule has 0 aromatic heterocycles. The summed E-state index contributed by atoms with van der Waals surface area (Å²) in [6.07, 6.45) is 0.665. The molecule has 0 N–H and O–H groups in total. The first kappa shape index (κ1) is 13.7. The van der Waals surface area contributed by atoms with Crippen LogP contribution in [0.15, 0.2) is 0 Å². The minimum atomic E-state index is -3.84. The lowest BCUT2D eigenvalue weighted by molar-refractivity contribution is 0.0250. The van der Waals surface area contributed by atoms with Gasteiger partial charge in [0.25, 0.3) is 0 Å². The van der Waals surface area contributed by atoms with E-state index in [0.29, 0.717) is 12.8 Å². The van der Waals surface area contributed by atoms with Gasteiger partial charge in [0.2, 0.25) is 0 Å². The number of phosphoric ester groups is 2. The van der Waals surface area contributed by atoms with Gasteiger partial charge in [0, 0.05) is 0 Å². The smallest absolute Gasteiger partial charge is 0.286 e. The molecule has 17 heavy (non-hydrogen) atoms. The van der Waals surface area contributed by atoms with E-state index in [1.54, 1.807) is 13.8 Å². The van der Waals surface area contributed by atoms with Crippen LogP contribution in [0.2, 0.25) is 0 Å². The first-order valence-corrected chi connectivity index (χ1v) is 8.40. The van der Waals surface area contributed by atoms with Crippen LogP contribution in [0.1, 0.15) is 26.7 Å². The van der Waals surface area contributed by atoms with E-state index in [9.17, 15) is 9.13 Å². The number of hydrogen-bond acceptors (Lipinski definition) is 7. The second kappa shape index (κ2) is 5.10. The highest BCUT2D eigenvalue weighted by Gasteiger charge is 2.45. The molecular weight excluding hydrogens is 270 g/mol. The lowest BCUT2D eigenvalue weighted by Gasteiger charge is -2.31. The summed E-state index contributed by atoms with van der Waals surface area (Å²) < 4.78 is 48.9. The molecule has 4 atom stereocenters. The molecule has 0 amide bonds. The maximum atomic E-state index is 12.0. The van der Waals surface area contributed by atoms with E-state index in [2.05, 4.69) is 0 Å². The molecule has 0 spiro atoms. The largest absolute Gasteiger partial charge is 0.483 e. The van der Waals surface area contributed by atoms with Gasteiger partial charge in [-0.1, -0.05) is 0 Å². The van der Waals surface area contributed by atoms with Gasteiger partial charge in [-0.25, -0.2) is 9.13 Å². The summed E-state index contributed by atoms with van der Waals surface area (Å²) in [5, 5.41) is 0. The van der Waals surface area contributed by atoms with Gasteiger partial charge in [0.05, 0.1) is 25.4 Å². The van der Waals surface area contributed by atoms with Crippen molar-refractivity contribution in [1.82, 2.24) is 0 Å². The summed E-state index contributed by atoms with van der Waals surface area (Å²) in [6, 6.07) is 0. The maximum Gasteiger partial charge on any atom is 0.483 e. The number of hydrogen-bond donors (Lipinski definition) is 0. The Morgan fingerprint density at radius 2 is 1.35 bits per heavy atom. The molecule has 0 saturated carbocycles. The zero-order valence-corrected chi connectivity index (χ0v) is 11.5. The molecule has 2 aliphatic rings. The third-order valence-corrected chi connectivity index (χ3v) is 6.20. The molecule has 2 heterocycles. The Kier molecular flexibility index (Phi) is 4.10. The fourth-order valence-corrected chi connectivity index (χ4v) is 5.01. The Morgan fingerprint density at radius 3 is 1.71 bits per heavy atom. The first-order chi connectivity index (χ1) is 7.91. The van der Waals surface area contributed by atoms with E-state index in [1.807, 2.05) is 0 Å². The average molecular weight is 286 g/mol. The van der Waals surface area contributed by atoms with E-state index in [-0.39, 0.29) is 25.4 Å². The summed E-state index contributed by atoms with van der Waals surface area (Å²) in [4.78, 5) is 0. The summed E-state index contributed by atoms with van der Waals surface area (Å²) in [7, 11) is -7.69. The predicted octanol–water partition coefficient (Wildman–Crippen LogP) is 2.87. The second-order valence-corrected chi connectivity index (χ2v) is 7.43. The molecule has 0 bridgehead atoms. The highest BCUT2D eigenvalue weighted by molar-refractivity contribution is 7.62. The van der Waals surface area contributed by atoms with E-state index in [0.717, 1.165) is 0 Å². The van der Waals surface area contributed by atoms with Gasteiger partial charge in [-0.2, -0.15) is 4.31 Å². The van der Waals surface area contributed by atoms with E-state index >= 15 is 0 Å². The Bertz CT molecular complexity index is 337. The van der Waals surface area contributed by atoms with Crippen LogP contribution < -0.4 is 0 Å². The predicted molar refractivity (Wildman–Crippen MR) is 58.5 cm³/mol. The maximum absolute atomic E-state index is 12.0. The molecule has 0 aromatic rings.